The summed E-state index contributed by atoms with van der Waals surface area (Å²) in [6.07, 6.45) is 3.12. The Morgan fingerprint density at radius 1 is 0.966 bits per heavy atom. The number of nitrogens with zero attached hydrogens (tertiary/aromatic N) is 1. The van der Waals surface area contributed by atoms with Gasteiger partial charge in [-0.25, -0.2) is 0 Å². The van der Waals surface area contributed by atoms with Crippen molar-refractivity contribution in [1.29, 1.82) is 0 Å². The third kappa shape index (κ3) is 4.14. The van der Waals surface area contributed by atoms with Gasteiger partial charge in [-0.3, -0.25) is 9.78 Å². The molecule has 0 aliphatic heterocycles. The number of ether oxygens (including phenoxy) is 3. The van der Waals surface area contributed by atoms with Crippen molar-refractivity contribution in [3.63, 3.8) is 0 Å². The molecular formula is C22H17NO6. The summed E-state index contributed by atoms with van der Waals surface area (Å²) in [7, 11) is 1.60. The van der Waals surface area contributed by atoms with Crippen molar-refractivity contribution in [2.45, 2.75) is 6.61 Å². The van der Waals surface area contributed by atoms with Gasteiger partial charge in [0.2, 0.25) is 0 Å². The lowest BCUT2D eigenvalue weighted by atomic mass is 10.2. The first-order valence-electron chi connectivity index (χ1n) is 8.77. The van der Waals surface area contributed by atoms with Crippen molar-refractivity contribution in [1.82, 2.24) is 4.98 Å². The summed E-state index contributed by atoms with van der Waals surface area (Å²) >= 11 is 0. The smallest absolute Gasteiger partial charge is 0.294 e. The second-order valence-corrected chi connectivity index (χ2v) is 6.17. The van der Waals surface area contributed by atoms with Crippen LogP contribution in [0.4, 0.5) is 0 Å². The predicted molar refractivity (Wildman–Crippen MR) is 106 cm³/mol. The molecule has 2 aromatic heterocycles. The van der Waals surface area contributed by atoms with Crippen molar-refractivity contribution in [2.75, 3.05) is 7.11 Å². The van der Waals surface area contributed by atoms with Crippen LogP contribution in [0.2, 0.25) is 0 Å². The normalized spacial score (nSPS) is 10.7. The fourth-order valence-electron chi connectivity index (χ4n) is 2.77. The molecule has 4 rings (SSSR count). The Kier molecular flexibility index (Phi) is 5.03. The van der Waals surface area contributed by atoms with Crippen LogP contribution in [0.25, 0.3) is 11.0 Å². The van der Waals surface area contributed by atoms with E-state index in [0.29, 0.717) is 11.5 Å². The number of phenolic OH excluding ortho intramolecular Hbond substituents is 1. The summed E-state index contributed by atoms with van der Waals surface area (Å²) in [6, 6.07) is 14.8. The first-order chi connectivity index (χ1) is 14.1. The van der Waals surface area contributed by atoms with Gasteiger partial charge in [0, 0.05) is 24.5 Å². The molecule has 0 saturated heterocycles. The Labute approximate surface area is 165 Å². The fraction of sp³-hybridized carbons (Fsp3) is 0.0909. The van der Waals surface area contributed by atoms with Crippen LogP contribution < -0.4 is 19.6 Å². The van der Waals surface area contributed by atoms with Gasteiger partial charge in [-0.1, -0.05) is 12.1 Å². The lowest BCUT2D eigenvalue weighted by Gasteiger charge is -2.10. The highest BCUT2D eigenvalue weighted by Gasteiger charge is 2.13. The zero-order valence-electron chi connectivity index (χ0n) is 15.5. The van der Waals surface area contributed by atoms with Crippen LogP contribution in [0, 0.1) is 0 Å². The van der Waals surface area contributed by atoms with E-state index in [-0.39, 0.29) is 29.3 Å². The highest BCUT2D eigenvalue weighted by molar-refractivity contribution is 5.84. The molecule has 7 nitrogen and oxygen atoms in total. The molecule has 0 spiro atoms. The molecule has 7 heteroatoms. The molecule has 0 amide bonds. The van der Waals surface area contributed by atoms with Crippen LogP contribution in [0.5, 0.6) is 28.9 Å². The summed E-state index contributed by atoms with van der Waals surface area (Å²) in [5, 5.41) is 10.3. The molecule has 0 bridgehead atoms. The van der Waals surface area contributed by atoms with Crippen LogP contribution in [0.3, 0.4) is 0 Å². The summed E-state index contributed by atoms with van der Waals surface area (Å²) in [4.78, 5) is 16.3. The molecule has 1 N–H and O–H groups in total. The highest BCUT2D eigenvalue weighted by atomic mass is 16.6. The number of fused-ring (bicyclic) bond motifs is 1. The minimum atomic E-state index is -0.422. The van der Waals surface area contributed by atoms with Gasteiger partial charge in [0.05, 0.1) is 13.2 Å². The van der Waals surface area contributed by atoms with E-state index in [0.717, 1.165) is 11.3 Å². The molecule has 0 aliphatic carbocycles. The van der Waals surface area contributed by atoms with Gasteiger partial charge < -0.3 is 23.7 Å². The quantitative estimate of drug-likeness (QED) is 0.525. The summed E-state index contributed by atoms with van der Waals surface area (Å²) in [5.41, 5.74) is 0.655. The Morgan fingerprint density at radius 3 is 2.45 bits per heavy atom. The van der Waals surface area contributed by atoms with Crippen molar-refractivity contribution in [3.8, 4) is 28.9 Å². The predicted octanol–water partition coefficient (Wildman–Crippen LogP) is 4.27. The minimum Gasteiger partial charge on any atom is -0.507 e. The van der Waals surface area contributed by atoms with Gasteiger partial charge in [-0.2, -0.15) is 0 Å². The first kappa shape index (κ1) is 18.4. The lowest BCUT2D eigenvalue weighted by Crippen LogP contribution is -2.02. The van der Waals surface area contributed by atoms with Crippen molar-refractivity contribution in [2.24, 2.45) is 0 Å². The number of benzene rings is 2. The molecule has 0 aliphatic rings. The van der Waals surface area contributed by atoms with Gasteiger partial charge in [0.25, 0.3) is 5.95 Å². The molecule has 29 heavy (non-hydrogen) atoms. The molecule has 2 heterocycles. The third-order valence-electron chi connectivity index (χ3n) is 4.19. The van der Waals surface area contributed by atoms with Crippen LogP contribution in [0.15, 0.2) is 76.2 Å². The molecule has 0 saturated carbocycles. The van der Waals surface area contributed by atoms with Gasteiger partial charge in [0.1, 0.15) is 40.6 Å². The largest absolute Gasteiger partial charge is 0.507 e. The molecule has 4 aromatic rings. The molecule has 0 radical (unpaired) electrons. The van der Waals surface area contributed by atoms with E-state index in [9.17, 15) is 9.90 Å². The maximum Gasteiger partial charge on any atom is 0.294 e. The topological polar surface area (TPSA) is 91.0 Å². The van der Waals surface area contributed by atoms with Crippen LogP contribution in [0.1, 0.15) is 5.56 Å². The Morgan fingerprint density at radius 2 is 1.72 bits per heavy atom. The summed E-state index contributed by atoms with van der Waals surface area (Å²) in [5.74, 6) is 1.35. The van der Waals surface area contributed by atoms with Crippen LogP contribution in [-0.2, 0) is 6.61 Å². The van der Waals surface area contributed by atoms with Gasteiger partial charge in [-0.15, -0.1) is 0 Å². The second kappa shape index (κ2) is 7.93. The number of aromatic hydroxyl groups is 1. The molecular weight excluding hydrogens is 374 g/mol. The maximum atomic E-state index is 12.4. The summed E-state index contributed by atoms with van der Waals surface area (Å²) in [6.45, 7) is 0.270. The second-order valence-electron chi connectivity index (χ2n) is 6.17. The Hall–Kier alpha value is -4.00. The van der Waals surface area contributed by atoms with E-state index in [1.807, 2.05) is 24.3 Å². The standard InChI is InChI=1S/C22H17NO6/c1-26-15-4-2-14(3-5-15)13-27-17-10-18(24)22-19(25)12-21(29-20(22)11-17)28-16-6-8-23-9-7-16/h2-12,24H,13H2,1H3. The van der Waals surface area contributed by atoms with Crippen LogP contribution in [-0.4, -0.2) is 17.2 Å². The number of methoxy groups -OCH3 is 1. The average molecular weight is 391 g/mol. The number of hydrogen-bond acceptors (Lipinski definition) is 7. The van der Waals surface area contributed by atoms with Gasteiger partial charge in [0.15, 0.2) is 5.43 Å². The van der Waals surface area contributed by atoms with E-state index in [4.69, 9.17) is 18.6 Å². The molecule has 146 valence electrons. The zero-order chi connectivity index (χ0) is 20.2. The van der Waals surface area contributed by atoms with E-state index < -0.39 is 5.43 Å². The molecule has 2 aromatic carbocycles. The van der Waals surface area contributed by atoms with Gasteiger partial charge >= 0.3 is 0 Å². The SMILES string of the molecule is COc1ccc(COc2cc(O)c3c(=O)cc(Oc4ccncc4)oc3c2)cc1. The average Bonchev–Trinajstić information content (AvgIpc) is 2.73. The highest BCUT2D eigenvalue weighted by Crippen LogP contribution is 2.31. The third-order valence-corrected chi connectivity index (χ3v) is 4.19. The maximum absolute atomic E-state index is 12.4. The van der Waals surface area contributed by atoms with Crippen LogP contribution >= 0.6 is 0 Å². The Bertz CT molecular complexity index is 1190. The number of pyridine rings is 1. The van der Waals surface area contributed by atoms with Crippen molar-refractivity contribution >= 4 is 11.0 Å². The number of phenols is 1. The summed E-state index contributed by atoms with van der Waals surface area (Å²) < 4.78 is 22.1. The Balaban J connectivity index is 1.60. The zero-order valence-corrected chi connectivity index (χ0v) is 15.5. The number of aromatic nitrogens is 1. The lowest BCUT2D eigenvalue weighted by molar-refractivity contribution is 0.303. The number of rotatable bonds is 6. The first-order valence-corrected chi connectivity index (χ1v) is 8.77. The fourth-order valence-corrected chi connectivity index (χ4v) is 2.77. The van der Waals surface area contributed by atoms with E-state index in [2.05, 4.69) is 4.98 Å². The van der Waals surface area contributed by atoms with E-state index in [1.165, 1.54) is 12.1 Å². The number of hydrogen-bond donors (Lipinski definition) is 1. The molecule has 0 unspecified atom stereocenters. The van der Waals surface area contributed by atoms with E-state index >= 15 is 0 Å². The monoisotopic (exact) mass is 391 g/mol. The molecule has 0 atom stereocenters. The molecule has 0 fully saturated rings. The van der Waals surface area contributed by atoms with Gasteiger partial charge in [-0.05, 0) is 29.8 Å². The van der Waals surface area contributed by atoms with Crippen molar-refractivity contribution < 1.29 is 23.7 Å². The van der Waals surface area contributed by atoms with Crippen molar-refractivity contribution in [3.05, 3.63) is 82.8 Å². The minimum absolute atomic E-state index is 0.000374. The van der Waals surface area contributed by atoms with E-state index in [1.54, 1.807) is 37.7 Å².